The van der Waals surface area contributed by atoms with Crippen LogP contribution in [0.5, 0.6) is 5.75 Å². The second-order valence-corrected chi connectivity index (χ2v) is 10.5. The molecule has 0 saturated carbocycles. The van der Waals surface area contributed by atoms with Gasteiger partial charge in [-0.25, -0.2) is 18.5 Å². The van der Waals surface area contributed by atoms with Crippen LogP contribution in [0.25, 0.3) is 16.2 Å². The van der Waals surface area contributed by atoms with Gasteiger partial charge in [0.2, 0.25) is 5.88 Å². The van der Waals surface area contributed by atoms with E-state index in [0.717, 1.165) is 16.8 Å². The number of benzene rings is 2. The molecule has 9 nitrogen and oxygen atoms in total. The van der Waals surface area contributed by atoms with Crippen LogP contribution in [0.3, 0.4) is 0 Å². The summed E-state index contributed by atoms with van der Waals surface area (Å²) in [5.41, 5.74) is 11.3. The van der Waals surface area contributed by atoms with Gasteiger partial charge in [0.1, 0.15) is 0 Å². The van der Waals surface area contributed by atoms with Gasteiger partial charge in [0.25, 0.3) is 5.70 Å². The molecule has 0 atom stereocenters. The topological polar surface area (TPSA) is 145 Å². The molecule has 0 spiro atoms. The molecule has 0 amide bonds. The minimum absolute atomic E-state index is 0. The molecule has 2 aliphatic rings. The fraction of sp³-hybridized carbons (Fsp3) is 0.167. The largest absolute Gasteiger partial charge is 1.00 e. The van der Waals surface area contributed by atoms with Crippen molar-refractivity contribution in [1.29, 1.82) is 10.5 Å². The number of allylic oxidation sites excluding steroid dienone is 9. The minimum atomic E-state index is -4.32. The van der Waals surface area contributed by atoms with Gasteiger partial charge in [-0.15, -0.1) is 5.69 Å². The van der Waals surface area contributed by atoms with Crippen LogP contribution in [0.2, 0.25) is 0 Å². The molecule has 1 aliphatic carbocycles. The summed E-state index contributed by atoms with van der Waals surface area (Å²) in [4.78, 5) is 5.15. The van der Waals surface area contributed by atoms with Gasteiger partial charge in [-0.1, -0.05) is 48.6 Å². The summed E-state index contributed by atoms with van der Waals surface area (Å²) < 4.78 is 39.3. The van der Waals surface area contributed by atoms with E-state index in [1.165, 1.54) is 12.1 Å². The average Bonchev–Trinajstić information content (AvgIpc) is 3.52. The Morgan fingerprint density at radius 1 is 1.14 bits per heavy atom. The smallest absolute Gasteiger partial charge is 0.748 e. The number of hydrogen-bond donors (Lipinski definition) is 0. The summed E-state index contributed by atoms with van der Waals surface area (Å²) in [6.07, 6.45) is 8.76. The number of rotatable bonds is 8. The van der Waals surface area contributed by atoms with E-state index in [1.807, 2.05) is 47.4 Å². The Bertz CT molecular complexity index is 1710. The molecule has 1 radical (unpaired) electrons. The molecule has 0 aromatic heterocycles. The third-order valence-corrected chi connectivity index (χ3v) is 7.07. The van der Waals surface area contributed by atoms with Gasteiger partial charge >= 0.3 is 29.6 Å². The van der Waals surface area contributed by atoms with Crippen molar-refractivity contribution in [2.75, 3.05) is 17.2 Å². The molecule has 1 heterocycles. The monoisotopic (exact) mass is 799 g/mol. The van der Waals surface area contributed by atoms with Crippen molar-refractivity contribution in [2.24, 2.45) is 0 Å². The van der Waals surface area contributed by atoms with Crippen LogP contribution in [0.15, 0.2) is 101 Å². The fourth-order valence-corrected chi connectivity index (χ4v) is 4.91. The number of nitrogens with zero attached hydrogens (tertiary/aromatic N) is 4. The predicted molar refractivity (Wildman–Crippen MR) is 150 cm³/mol. The molecule has 0 saturated heterocycles. The van der Waals surface area contributed by atoms with Crippen LogP contribution in [0, 0.1) is 73.3 Å². The van der Waals surface area contributed by atoms with Crippen LogP contribution in [-0.4, -0.2) is 25.3 Å². The first-order valence-corrected chi connectivity index (χ1v) is 13.9. The summed E-state index contributed by atoms with van der Waals surface area (Å²) in [7, 11) is -4.32. The van der Waals surface area contributed by atoms with Gasteiger partial charge in [-0.3, -0.25) is 0 Å². The van der Waals surface area contributed by atoms with E-state index in [1.54, 1.807) is 24.3 Å². The molecular formula is C30H23AcN5NaO4S-. The van der Waals surface area contributed by atoms with Crippen molar-refractivity contribution in [3.05, 3.63) is 124 Å². The van der Waals surface area contributed by atoms with Crippen LogP contribution >= 0.6 is 0 Å². The second-order valence-electron chi connectivity index (χ2n) is 9.00. The zero-order valence-electron chi connectivity index (χ0n) is 22.9. The zero-order chi connectivity index (χ0) is 28.7. The number of nitrogens with one attached hydrogen (secondary N) is 1. The predicted octanol–water partition coefficient (Wildman–Crippen LogP) is 3.30. The maximum absolute atomic E-state index is 11.1. The van der Waals surface area contributed by atoms with Gasteiger partial charge in [0.15, 0.2) is 5.75 Å². The van der Waals surface area contributed by atoms with Gasteiger partial charge in [-0.05, 0) is 54.2 Å². The molecule has 2 aromatic carbocycles. The summed E-state index contributed by atoms with van der Waals surface area (Å²) in [6.45, 7) is 7.70. The molecular weight excluding hydrogens is 776 g/mol. The standard InChI is InChI=1S/C30H24N5O4S.Ac.Na/c1-34-26(20-32)30(23-11-13-25(33)14-12-23)24(19-31)10-9-21-7-8-22(17-21)18-29-35(15-4-16-40(36,37)38)27-5-2-3-6-28(27)39-29;;/h2-3,5-6,9-14,17-18,33H,4,7-8,15-16H2,(H,36,37,38);;/q-1;;+1/p-1/b21-9+,24-10+,29-18-,30-26+;;. The van der Waals surface area contributed by atoms with Gasteiger partial charge in [0.05, 0.1) is 40.1 Å². The van der Waals surface area contributed by atoms with Crippen molar-refractivity contribution in [2.45, 2.75) is 19.3 Å². The SMILES string of the molecule is [Ac].[C-]#[N+]/C(C#N)=C(/C(C#N)=C/C=C1C=C(/C=C2\Oc3ccccc3N2CCCS(=O)(=O)[O-])CC/1)c1ccc([NH-])cc1.[Na+]. The third kappa shape index (κ3) is 9.18. The summed E-state index contributed by atoms with van der Waals surface area (Å²) in [5.74, 6) is 0.705. The van der Waals surface area contributed by atoms with Crippen LogP contribution in [0.1, 0.15) is 24.8 Å². The van der Waals surface area contributed by atoms with E-state index < -0.39 is 15.9 Å². The van der Waals surface area contributed by atoms with E-state index in [9.17, 15) is 23.5 Å². The fourth-order valence-electron chi connectivity index (χ4n) is 4.43. The molecule has 0 fully saturated rings. The quantitative estimate of drug-likeness (QED) is 0.131. The molecule has 1 N–H and O–H groups in total. The van der Waals surface area contributed by atoms with Crippen LogP contribution in [-0.2, 0) is 10.1 Å². The molecule has 4 rings (SSSR count). The zero-order valence-corrected chi connectivity index (χ0v) is 30.4. The van der Waals surface area contributed by atoms with E-state index in [2.05, 4.69) is 10.9 Å². The second kappa shape index (κ2) is 16.3. The van der Waals surface area contributed by atoms with Gasteiger partial charge in [0, 0.05) is 68.0 Å². The molecule has 203 valence electrons. The molecule has 42 heavy (non-hydrogen) atoms. The maximum atomic E-state index is 11.1. The van der Waals surface area contributed by atoms with E-state index >= 15 is 0 Å². The number of ether oxygens (including phenoxy) is 1. The normalized spacial score (nSPS) is 16.6. The first kappa shape index (κ1) is 35.6. The Morgan fingerprint density at radius 3 is 2.50 bits per heavy atom. The molecule has 2 aromatic rings. The number of anilines is 1. The van der Waals surface area contributed by atoms with Gasteiger partial charge < -0.3 is 19.9 Å². The number of para-hydroxylation sites is 2. The van der Waals surface area contributed by atoms with Crippen molar-refractivity contribution < 1.29 is 91.3 Å². The molecule has 0 bridgehead atoms. The van der Waals surface area contributed by atoms with Crippen LogP contribution in [0.4, 0.5) is 11.4 Å². The van der Waals surface area contributed by atoms with Gasteiger partial charge in [-0.2, -0.15) is 5.26 Å². The van der Waals surface area contributed by atoms with Crippen molar-refractivity contribution >= 4 is 27.1 Å². The Labute approximate surface area is 303 Å². The Morgan fingerprint density at radius 2 is 1.86 bits per heavy atom. The number of fused-ring (bicyclic) bond motifs is 1. The maximum Gasteiger partial charge on any atom is 1.00 e. The first-order chi connectivity index (χ1) is 19.2. The molecule has 12 heteroatoms. The third-order valence-electron chi connectivity index (χ3n) is 6.28. The Balaban J connectivity index is 0.00000308. The van der Waals surface area contributed by atoms with Crippen molar-refractivity contribution in [3.8, 4) is 17.9 Å². The van der Waals surface area contributed by atoms with Crippen molar-refractivity contribution in [3.63, 3.8) is 0 Å². The molecule has 1 aliphatic heterocycles. The Kier molecular flexibility index (Phi) is 13.8. The average molecular weight is 800 g/mol. The summed E-state index contributed by atoms with van der Waals surface area (Å²) in [6, 6.07) is 17.6. The van der Waals surface area contributed by atoms with Crippen molar-refractivity contribution in [1.82, 2.24) is 0 Å². The summed E-state index contributed by atoms with van der Waals surface area (Å²) in [5, 5.41) is 19.4. The van der Waals surface area contributed by atoms with Crippen LogP contribution < -0.4 is 39.2 Å². The summed E-state index contributed by atoms with van der Waals surface area (Å²) >= 11 is 0. The van der Waals surface area contributed by atoms with E-state index in [0.29, 0.717) is 36.6 Å². The number of hydrogen-bond acceptors (Lipinski definition) is 7. The van der Waals surface area contributed by atoms with E-state index in [-0.39, 0.29) is 103 Å². The van der Waals surface area contributed by atoms with E-state index in [4.69, 9.17) is 17.0 Å². The minimum Gasteiger partial charge on any atom is -0.748 e. The molecule has 0 unspecified atom stereocenters. The number of nitriles is 2. The first-order valence-electron chi connectivity index (χ1n) is 12.3. The Hall–Kier alpha value is -2.64.